The molecule has 0 aromatic rings. The Bertz CT molecular complexity index is 154. The van der Waals surface area contributed by atoms with E-state index in [1.165, 1.54) is 18.4 Å². The largest absolute Gasteiger partial charge is 0.399 e. The first kappa shape index (κ1) is 6.40. The summed E-state index contributed by atoms with van der Waals surface area (Å²) in [6.07, 6.45) is 7.59. The van der Waals surface area contributed by atoms with Crippen LogP contribution < -0.4 is 5.73 Å². The molecule has 1 aliphatic carbocycles. The maximum Gasteiger partial charge on any atom is 0.0302 e. The first-order valence-corrected chi connectivity index (χ1v) is 3.48. The third-order valence-corrected chi connectivity index (χ3v) is 1.75. The van der Waals surface area contributed by atoms with Crippen LogP contribution in [0.2, 0.25) is 0 Å². The molecule has 0 aromatic carbocycles. The van der Waals surface area contributed by atoms with E-state index in [1.54, 1.807) is 0 Å². The van der Waals surface area contributed by atoms with Gasteiger partial charge in [0.05, 0.1) is 0 Å². The van der Waals surface area contributed by atoms with E-state index in [0.29, 0.717) is 0 Å². The van der Waals surface area contributed by atoms with Crippen LogP contribution in [0.4, 0.5) is 0 Å². The summed E-state index contributed by atoms with van der Waals surface area (Å²) in [5.41, 5.74) is 8.09. The van der Waals surface area contributed by atoms with E-state index in [1.807, 2.05) is 6.08 Å². The molecule has 1 nitrogen and oxygen atoms in total. The van der Waals surface area contributed by atoms with Crippen molar-refractivity contribution in [3.8, 4) is 0 Å². The van der Waals surface area contributed by atoms with Gasteiger partial charge in [-0.15, -0.1) is 0 Å². The summed E-state index contributed by atoms with van der Waals surface area (Å²) in [6.45, 7) is 2.15. The van der Waals surface area contributed by atoms with Crippen molar-refractivity contribution in [2.45, 2.75) is 26.2 Å². The molecule has 0 heterocycles. The maximum atomic E-state index is 5.68. The van der Waals surface area contributed by atoms with E-state index in [2.05, 4.69) is 13.0 Å². The van der Waals surface area contributed by atoms with Crippen LogP contribution in [0, 0.1) is 0 Å². The summed E-state index contributed by atoms with van der Waals surface area (Å²) >= 11 is 0. The van der Waals surface area contributed by atoms with Gasteiger partial charge < -0.3 is 5.73 Å². The highest BCUT2D eigenvalue weighted by Gasteiger charge is 2.01. The Labute approximate surface area is 56.2 Å². The highest BCUT2D eigenvalue weighted by molar-refractivity contribution is 5.26. The van der Waals surface area contributed by atoms with E-state index in [-0.39, 0.29) is 0 Å². The van der Waals surface area contributed by atoms with Gasteiger partial charge in [-0.25, -0.2) is 0 Å². The van der Waals surface area contributed by atoms with Crippen LogP contribution in [0.15, 0.2) is 23.4 Å². The fraction of sp³-hybridized carbons (Fsp3) is 0.500. The molecule has 50 valence electrons. The molecule has 0 spiro atoms. The molecule has 0 fully saturated rings. The van der Waals surface area contributed by atoms with Gasteiger partial charge in [-0.1, -0.05) is 13.0 Å². The normalized spacial score (nSPS) is 18.8. The van der Waals surface area contributed by atoms with E-state index < -0.39 is 0 Å². The van der Waals surface area contributed by atoms with Crippen molar-refractivity contribution >= 4 is 0 Å². The second kappa shape index (κ2) is 2.72. The minimum atomic E-state index is 0.990. The molecule has 0 saturated carbocycles. The van der Waals surface area contributed by atoms with Crippen molar-refractivity contribution in [1.29, 1.82) is 0 Å². The second-order valence-electron chi connectivity index (χ2n) is 2.35. The lowest BCUT2D eigenvalue weighted by molar-refractivity contribution is 0.870. The van der Waals surface area contributed by atoms with E-state index >= 15 is 0 Å². The van der Waals surface area contributed by atoms with E-state index in [0.717, 1.165) is 12.1 Å². The Morgan fingerprint density at radius 1 is 1.67 bits per heavy atom. The number of hydrogen-bond acceptors (Lipinski definition) is 1. The smallest absolute Gasteiger partial charge is 0.0302 e. The number of hydrogen-bond donors (Lipinski definition) is 1. The third kappa shape index (κ3) is 1.35. The summed E-state index contributed by atoms with van der Waals surface area (Å²) in [5.74, 6) is 0. The summed E-state index contributed by atoms with van der Waals surface area (Å²) in [7, 11) is 0. The molecule has 2 N–H and O–H groups in total. The van der Waals surface area contributed by atoms with Gasteiger partial charge in [0.25, 0.3) is 0 Å². The van der Waals surface area contributed by atoms with E-state index in [4.69, 9.17) is 5.73 Å². The standard InChI is InChI=1S/C8H13N/c1-2-7-5-3-4-6-8(7)9/h4,6H,2-3,5,9H2,1H3. The van der Waals surface area contributed by atoms with Crippen LogP contribution in [0.3, 0.4) is 0 Å². The molecule has 0 radical (unpaired) electrons. The van der Waals surface area contributed by atoms with Gasteiger partial charge in [0.2, 0.25) is 0 Å². The topological polar surface area (TPSA) is 26.0 Å². The minimum absolute atomic E-state index is 0.990. The van der Waals surface area contributed by atoms with Gasteiger partial charge in [0.1, 0.15) is 0 Å². The van der Waals surface area contributed by atoms with Crippen LogP contribution in [-0.4, -0.2) is 0 Å². The van der Waals surface area contributed by atoms with Gasteiger partial charge in [-0.3, -0.25) is 0 Å². The third-order valence-electron chi connectivity index (χ3n) is 1.75. The van der Waals surface area contributed by atoms with Crippen LogP contribution in [0.1, 0.15) is 26.2 Å². The first-order chi connectivity index (χ1) is 4.34. The molecule has 0 atom stereocenters. The van der Waals surface area contributed by atoms with Gasteiger partial charge in [-0.2, -0.15) is 0 Å². The summed E-state index contributed by atoms with van der Waals surface area (Å²) < 4.78 is 0. The molecule has 0 unspecified atom stereocenters. The number of allylic oxidation sites excluding steroid dienone is 3. The SMILES string of the molecule is CCC1=C(N)C=CCC1. The molecular formula is C8H13N. The Balaban J connectivity index is 2.72. The average molecular weight is 123 g/mol. The molecule has 1 rings (SSSR count). The van der Waals surface area contributed by atoms with Crippen molar-refractivity contribution in [2.24, 2.45) is 5.73 Å². The highest BCUT2D eigenvalue weighted by Crippen LogP contribution is 2.17. The molecule has 0 saturated heterocycles. The van der Waals surface area contributed by atoms with Crippen LogP contribution in [0.25, 0.3) is 0 Å². The Morgan fingerprint density at radius 2 is 2.44 bits per heavy atom. The zero-order valence-electron chi connectivity index (χ0n) is 5.85. The minimum Gasteiger partial charge on any atom is -0.399 e. The first-order valence-electron chi connectivity index (χ1n) is 3.48. The highest BCUT2D eigenvalue weighted by atomic mass is 14.6. The fourth-order valence-corrected chi connectivity index (χ4v) is 1.11. The van der Waals surface area contributed by atoms with Crippen LogP contribution >= 0.6 is 0 Å². The monoisotopic (exact) mass is 123 g/mol. The van der Waals surface area contributed by atoms with Crippen LogP contribution in [-0.2, 0) is 0 Å². The van der Waals surface area contributed by atoms with E-state index in [9.17, 15) is 0 Å². The number of rotatable bonds is 1. The van der Waals surface area contributed by atoms with Crippen molar-refractivity contribution in [1.82, 2.24) is 0 Å². The molecule has 0 aromatic heterocycles. The number of nitrogens with two attached hydrogens (primary N) is 1. The lowest BCUT2D eigenvalue weighted by Gasteiger charge is -2.09. The van der Waals surface area contributed by atoms with Crippen LogP contribution in [0.5, 0.6) is 0 Å². The zero-order valence-corrected chi connectivity index (χ0v) is 5.85. The Morgan fingerprint density at radius 3 is 2.89 bits per heavy atom. The molecule has 1 heteroatoms. The lowest BCUT2D eigenvalue weighted by atomic mass is 10.0. The van der Waals surface area contributed by atoms with Gasteiger partial charge in [-0.05, 0) is 30.9 Å². The zero-order chi connectivity index (χ0) is 6.69. The quantitative estimate of drug-likeness (QED) is 0.566. The molecule has 0 aliphatic heterocycles. The maximum absolute atomic E-state index is 5.68. The molecule has 0 bridgehead atoms. The molecular weight excluding hydrogens is 110 g/mol. The Kier molecular flexibility index (Phi) is 1.93. The fourth-order valence-electron chi connectivity index (χ4n) is 1.11. The predicted octanol–water partition coefficient (Wildman–Crippen LogP) is 1.96. The molecule has 9 heavy (non-hydrogen) atoms. The van der Waals surface area contributed by atoms with Crippen molar-refractivity contribution < 1.29 is 0 Å². The summed E-state index contributed by atoms with van der Waals surface area (Å²) in [4.78, 5) is 0. The average Bonchev–Trinajstić information content (AvgIpc) is 1.89. The lowest BCUT2D eigenvalue weighted by Crippen LogP contribution is -2.02. The van der Waals surface area contributed by atoms with Gasteiger partial charge in [0, 0.05) is 5.70 Å². The predicted molar refractivity (Wildman–Crippen MR) is 39.9 cm³/mol. The summed E-state index contributed by atoms with van der Waals surface area (Å²) in [6, 6.07) is 0. The van der Waals surface area contributed by atoms with Crippen molar-refractivity contribution in [3.63, 3.8) is 0 Å². The van der Waals surface area contributed by atoms with Crippen molar-refractivity contribution in [2.75, 3.05) is 0 Å². The van der Waals surface area contributed by atoms with Gasteiger partial charge >= 0.3 is 0 Å². The van der Waals surface area contributed by atoms with Gasteiger partial charge in [0.15, 0.2) is 0 Å². The Hall–Kier alpha value is -0.720. The molecule has 1 aliphatic rings. The molecule has 0 amide bonds. The van der Waals surface area contributed by atoms with Crippen molar-refractivity contribution in [3.05, 3.63) is 23.4 Å². The summed E-state index contributed by atoms with van der Waals surface area (Å²) in [5, 5.41) is 0. The second-order valence-corrected chi connectivity index (χ2v) is 2.35.